The molecule has 7 heteroatoms. The Kier molecular flexibility index (Phi) is 6.50. The number of hydrogen-bond acceptors (Lipinski definition) is 4. The molecule has 6 nitrogen and oxygen atoms in total. The number of quaternary nitrogens is 1. The Bertz CT molecular complexity index is 829. The summed E-state index contributed by atoms with van der Waals surface area (Å²) < 4.78 is 18.5. The summed E-state index contributed by atoms with van der Waals surface area (Å²) in [6.07, 6.45) is 0. The fraction of sp³-hybridized carbons (Fsp3) is 0.435. The Morgan fingerprint density at radius 1 is 0.933 bits per heavy atom. The molecule has 2 aromatic rings. The molecule has 4 rings (SSSR count). The van der Waals surface area contributed by atoms with Crippen molar-refractivity contribution in [2.45, 2.75) is 13.0 Å². The van der Waals surface area contributed by atoms with Gasteiger partial charge >= 0.3 is 0 Å². The summed E-state index contributed by atoms with van der Waals surface area (Å²) in [4.78, 5) is 18.6. The van der Waals surface area contributed by atoms with Gasteiger partial charge in [-0.2, -0.15) is 0 Å². The van der Waals surface area contributed by atoms with Gasteiger partial charge in [-0.3, -0.25) is 4.79 Å². The number of anilines is 3. The summed E-state index contributed by atoms with van der Waals surface area (Å²) in [5, 5.41) is 3.06. The molecule has 0 bridgehead atoms. The van der Waals surface area contributed by atoms with Crippen LogP contribution >= 0.6 is 0 Å². The number of halogens is 1. The number of hydrogen-bond donors (Lipinski definition) is 2. The fourth-order valence-corrected chi connectivity index (χ4v) is 4.15. The summed E-state index contributed by atoms with van der Waals surface area (Å²) in [5.41, 5.74) is 3.02. The van der Waals surface area contributed by atoms with E-state index in [0.29, 0.717) is 0 Å². The Morgan fingerprint density at radius 3 is 2.07 bits per heavy atom. The van der Waals surface area contributed by atoms with Crippen LogP contribution in [0.5, 0.6) is 0 Å². The zero-order chi connectivity index (χ0) is 20.9. The highest BCUT2D eigenvalue weighted by Gasteiger charge is 2.29. The number of benzene rings is 2. The van der Waals surface area contributed by atoms with E-state index in [1.807, 2.05) is 31.2 Å². The van der Waals surface area contributed by atoms with Crippen LogP contribution in [0.4, 0.5) is 21.5 Å². The molecule has 2 N–H and O–H groups in total. The van der Waals surface area contributed by atoms with Gasteiger partial charge in [0.1, 0.15) is 5.82 Å². The molecule has 2 saturated heterocycles. The lowest BCUT2D eigenvalue weighted by Gasteiger charge is -2.36. The van der Waals surface area contributed by atoms with Crippen molar-refractivity contribution in [1.29, 1.82) is 0 Å². The summed E-state index contributed by atoms with van der Waals surface area (Å²) in [6.45, 7) is 8.76. The number of ether oxygens (including phenoxy) is 1. The minimum atomic E-state index is -0.216. The molecular weight excluding hydrogens is 383 g/mol. The van der Waals surface area contributed by atoms with Gasteiger partial charge in [0.2, 0.25) is 0 Å². The van der Waals surface area contributed by atoms with E-state index in [-0.39, 0.29) is 17.8 Å². The predicted octanol–water partition coefficient (Wildman–Crippen LogP) is 1.39. The van der Waals surface area contributed by atoms with Crippen LogP contribution in [-0.2, 0) is 9.53 Å². The van der Waals surface area contributed by atoms with E-state index >= 15 is 0 Å². The third-order valence-electron chi connectivity index (χ3n) is 6.11. The topological polar surface area (TPSA) is 49.3 Å². The number of carbonyl (C=O) groups excluding carboxylic acids is 1. The summed E-state index contributed by atoms with van der Waals surface area (Å²) in [5.74, 6) is -0.175. The summed E-state index contributed by atoms with van der Waals surface area (Å²) in [6, 6.07) is 14.5. The molecular formula is C23H30FN4O2+. The molecule has 0 unspecified atom stereocenters. The molecule has 0 radical (unpaired) electrons. The van der Waals surface area contributed by atoms with Gasteiger partial charge in [-0.15, -0.1) is 0 Å². The highest BCUT2D eigenvalue weighted by molar-refractivity contribution is 5.93. The van der Waals surface area contributed by atoms with Crippen LogP contribution in [0, 0.1) is 5.82 Å². The Balaban J connectivity index is 1.28. The average Bonchev–Trinajstić information content (AvgIpc) is 2.80. The molecule has 2 aromatic carbocycles. The maximum absolute atomic E-state index is 13.1. The molecule has 1 amide bonds. The molecule has 0 spiro atoms. The van der Waals surface area contributed by atoms with E-state index in [4.69, 9.17) is 4.74 Å². The monoisotopic (exact) mass is 413 g/mol. The van der Waals surface area contributed by atoms with Gasteiger partial charge in [-0.05, 0) is 55.5 Å². The van der Waals surface area contributed by atoms with Gasteiger partial charge in [0.25, 0.3) is 5.91 Å². The largest absolute Gasteiger partial charge is 0.378 e. The number of morpholine rings is 1. The normalized spacial score (nSPS) is 18.9. The molecule has 0 saturated carbocycles. The molecule has 160 valence electrons. The first-order valence-corrected chi connectivity index (χ1v) is 10.7. The highest BCUT2D eigenvalue weighted by atomic mass is 19.1. The van der Waals surface area contributed by atoms with E-state index in [0.717, 1.165) is 69.5 Å². The van der Waals surface area contributed by atoms with Crippen LogP contribution in [0.1, 0.15) is 6.92 Å². The fourth-order valence-electron chi connectivity index (χ4n) is 4.15. The third-order valence-corrected chi connectivity index (χ3v) is 6.11. The first-order valence-electron chi connectivity index (χ1n) is 10.7. The number of piperazine rings is 1. The molecule has 2 fully saturated rings. The molecule has 0 aromatic heterocycles. The van der Waals surface area contributed by atoms with Crippen molar-refractivity contribution >= 4 is 23.0 Å². The van der Waals surface area contributed by atoms with Crippen LogP contribution in [-0.4, -0.2) is 64.4 Å². The van der Waals surface area contributed by atoms with Gasteiger partial charge in [-0.25, -0.2) is 4.39 Å². The smallest absolute Gasteiger partial charge is 0.282 e. The maximum Gasteiger partial charge on any atom is 0.282 e. The number of nitrogens with zero attached hydrogens (tertiary/aromatic N) is 2. The zero-order valence-corrected chi connectivity index (χ0v) is 17.4. The van der Waals surface area contributed by atoms with Gasteiger partial charge < -0.3 is 24.8 Å². The van der Waals surface area contributed by atoms with E-state index < -0.39 is 0 Å². The second-order valence-corrected chi connectivity index (χ2v) is 7.98. The molecule has 2 aliphatic rings. The van der Waals surface area contributed by atoms with Crippen molar-refractivity contribution in [3.63, 3.8) is 0 Å². The third kappa shape index (κ3) is 4.91. The van der Waals surface area contributed by atoms with Crippen LogP contribution in [0.3, 0.4) is 0 Å². The van der Waals surface area contributed by atoms with E-state index in [9.17, 15) is 9.18 Å². The second kappa shape index (κ2) is 9.45. The van der Waals surface area contributed by atoms with Crippen LogP contribution in [0.2, 0.25) is 0 Å². The Morgan fingerprint density at radius 2 is 1.47 bits per heavy atom. The highest BCUT2D eigenvalue weighted by Crippen LogP contribution is 2.19. The second-order valence-electron chi connectivity index (χ2n) is 7.98. The predicted molar refractivity (Wildman–Crippen MR) is 117 cm³/mol. The van der Waals surface area contributed by atoms with Crippen LogP contribution < -0.4 is 20.0 Å². The molecule has 2 heterocycles. The SMILES string of the molecule is C[C@H](C(=O)Nc1ccc(N2CCOCC2)cc1)[NH+]1CCN(c2ccc(F)cc2)CC1. The summed E-state index contributed by atoms with van der Waals surface area (Å²) in [7, 11) is 0. The minimum absolute atomic E-state index is 0.0411. The minimum Gasteiger partial charge on any atom is -0.378 e. The number of amides is 1. The Hall–Kier alpha value is -2.64. The lowest BCUT2D eigenvalue weighted by molar-refractivity contribution is -0.914. The van der Waals surface area contributed by atoms with Crippen molar-refractivity contribution < 1.29 is 18.8 Å². The van der Waals surface area contributed by atoms with Crippen molar-refractivity contribution in [2.24, 2.45) is 0 Å². The number of carbonyl (C=O) groups is 1. The van der Waals surface area contributed by atoms with Crippen molar-refractivity contribution in [2.75, 3.05) is 67.6 Å². The first kappa shape index (κ1) is 20.6. The molecule has 2 aliphatic heterocycles. The molecule has 1 atom stereocenters. The van der Waals surface area contributed by atoms with Crippen LogP contribution in [0.25, 0.3) is 0 Å². The van der Waals surface area contributed by atoms with Crippen molar-refractivity contribution in [3.8, 4) is 0 Å². The van der Waals surface area contributed by atoms with Gasteiger partial charge in [0.15, 0.2) is 6.04 Å². The van der Waals surface area contributed by atoms with Crippen molar-refractivity contribution in [1.82, 2.24) is 0 Å². The first-order chi connectivity index (χ1) is 14.6. The quantitative estimate of drug-likeness (QED) is 0.778. The lowest BCUT2D eigenvalue weighted by atomic mass is 10.2. The van der Waals surface area contributed by atoms with E-state index in [1.165, 1.54) is 17.0 Å². The Labute approximate surface area is 177 Å². The average molecular weight is 414 g/mol. The zero-order valence-electron chi connectivity index (χ0n) is 17.4. The van der Waals surface area contributed by atoms with Crippen molar-refractivity contribution in [3.05, 3.63) is 54.3 Å². The van der Waals surface area contributed by atoms with E-state index in [2.05, 4.69) is 27.2 Å². The summed E-state index contributed by atoms with van der Waals surface area (Å²) >= 11 is 0. The van der Waals surface area contributed by atoms with E-state index in [1.54, 1.807) is 0 Å². The number of rotatable bonds is 5. The number of nitrogens with one attached hydrogen (secondary N) is 2. The molecule has 30 heavy (non-hydrogen) atoms. The standard InChI is InChI=1S/C23H29FN4O2/c1-18(26-10-12-27(13-11-26)21-6-2-19(24)3-7-21)23(29)25-20-4-8-22(9-5-20)28-14-16-30-17-15-28/h2-9,18H,10-17H2,1H3,(H,25,29)/p+1/t18-/m1/s1. The molecule has 0 aliphatic carbocycles. The van der Waals surface area contributed by atoms with Gasteiger partial charge in [0.05, 0.1) is 39.4 Å². The maximum atomic E-state index is 13.1. The van der Waals surface area contributed by atoms with Gasteiger partial charge in [0, 0.05) is 30.2 Å². The van der Waals surface area contributed by atoms with Gasteiger partial charge in [-0.1, -0.05) is 0 Å². The van der Waals surface area contributed by atoms with Crippen LogP contribution in [0.15, 0.2) is 48.5 Å². The lowest BCUT2D eigenvalue weighted by Crippen LogP contribution is -3.19.